The van der Waals surface area contributed by atoms with E-state index in [9.17, 15) is 13.6 Å². The second kappa shape index (κ2) is 4.93. The van der Waals surface area contributed by atoms with E-state index >= 15 is 0 Å². The van der Waals surface area contributed by atoms with Crippen molar-refractivity contribution >= 4 is 11.7 Å². The average Bonchev–Trinajstić information content (AvgIpc) is 2.38. The molecule has 1 atom stereocenters. The van der Waals surface area contributed by atoms with Gasteiger partial charge in [-0.15, -0.1) is 0 Å². The van der Waals surface area contributed by atoms with Crippen LogP contribution in [0.25, 0.3) is 0 Å². The highest BCUT2D eigenvalue weighted by Gasteiger charge is 2.38. The molecule has 102 valence electrons. The fourth-order valence-electron chi connectivity index (χ4n) is 1.98. The van der Waals surface area contributed by atoms with Crippen LogP contribution in [-0.4, -0.2) is 31.6 Å². The summed E-state index contributed by atoms with van der Waals surface area (Å²) >= 11 is 0. The second-order valence-electron chi connectivity index (χ2n) is 4.32. The molecule has 1 aliphatic rings. The van der Waals surface area contributed by atoms with Gasteiger partial charge >= 0.3 is 0 Å². The van der Waals surface area contributed by atoms with Crippen molar-refractivity contribution in [2.24, 2.45) is 16.5 Å². The number of alkyl halides is 1. The van der Waals surface area contributed by atoms with Crippen LogP contribution in [0.15, 0.2) is 23.2 Å². The molecule has 0 saturated heterocycles. The van der Waals surface area contributed by atoms with Gasteiger partial charge < -0.3 is 16.2 Å². The van der Waals surface area contributed by atoms with E-state index in [0.717, 1.165) is 6.07 Å². The normalized spacial score (nSPS) is 22.9. The molecule has 19 heavy (non-hydrogen) atoms. The van der Waals surface area contributed by atoms with E-state index < -0.39 is 23.9 Å². The quantitative estimate of drug-likeness (QED) is 0.836. The topological polar surface area (TPSA) is 90.7 Å². The standard InChI is InChI=1S/C12H13F2N3O2/c13-5-12(6-19-4-10(15)17-12)8-3-7(11(16)18)1-2-9(8)14/h1-3H,4-6H2,(H2,15,17)(H2,16,18)/t12-/m1/s1. The van der Waals surface area contributed by atoms with Crippen LogP contribution in [0.2, 0.25) is 0 Å². The van der Waals surface area contributed by atoms with E-state index in [1.807, 2.05) is 0 Å². The minimum absolute atomic E-state index is 0.0683. The highest BCUT2D eigenvalue weighted by molar-refractivity contribution is 5.93. The number of hydrogen-bond donors (Lipinski definition) is 2. The Kier molecular flexibility index (Phi) is 3.48. The van der Waals surface area contributed by atoms with Crippen molar-refractivity contribution in [2.75, 3.05) is 19.9 Å². The number of primary amides is 1. The first-order valence-corrected chi connectivity index (χ1v) is 5.56. The van der Waals surface area contributed by atoms with E-state index in [1.54, 1.807) is 0 Å². The molecule has 0 aromatic heterocycles. The van der Waals surface area contributed by atoms with Crippen LogP contribution in [0.5, 0.6) is 0 Å². The number of carbonyl (C=O) groups is 1. The van der Waals surface area contributed by atoms with E-state index in [1.165, 1.54) is 12.1 Å². The highest BCUT2D eigenvalue weighted by atomic mass is 19.1. The smallest absolute Gasteiger partial charge is 0.248 e. The molecule has 0 saturated carbocycles. The number of aliphatic imine (C=N–C) groups is 1. The lowest BCUT2D eigenvalue weighted by Gasteiger charge is -2.31. The molecule has 0 fully saturated rings. The zero-order valence-electron chi connectivity index (χ0n) is 10.0. The van der Waals surface area contributed by atoms with E-state index in [4.69, 9.17) is 16.2 Å². The molecule has 0 aliphatic carbocycles. The van der Waals surface area contributed by atoms with Crippen LogP contribution in [0.3, 0.4) is 0 Å². The maximum atomic E-state index is 13.9. The molecular weight excluding hydrogens is 256 g/mol. The van der Waals surface area contributed by atoms with Crippen LogP contribution in [0.4, 0.5) is 8.78 Å². The molecule has 0 radical (unpaired) electrons. The zero-order valence-corrected chi connectivity index (χ0v) is 10.0. The van der Waals surface area contributed by atoms with Gasteiger partial charge in [-0.05, 0) is 18.2 Å². The van der Waals surface area contributed by atoms with Gasteiger partial charge in [-0.1, -0.05) is 0 Å². The van der Waals surface area contributed by atoms with Crippen molar-refractivity contribution in [1.29, 1.82) is 0 Å². The lowest BCUT2D eigenvalue weighted by molar-refractivity contribution is 0.0807. The van der Waals surface area contributed by atoms with E-state index in [0.29, 0.717) is 0 Å². The Morgan fingerprint density at radius 3 is 2.84 bits per heavy atom. The SMILES string of the molecule is NC(=O)c1ccc(F)c([C@@]2(CF)COCC(N)=N2)c1. The Balaban J connectivity index is 2.57. The van der Waals surface area contributed by atoms with E-state index in [-0.39, 0.29) is 30.2 Å². The lowest BCUT2D eigenvalue weighted by atomic mass is 9.90. The number of carbonyl (C=O) groups excluding carboxylic acids is 1. The van der Waals surface area contributed by atoms with Crippen LogP contribution in [-0.2, 0) is 10.3 Å². The van der Waals surface area contributed by atoms with Crippen molar-refractivity contribution in [3.63, 3.8) is 0 Å². The van der Waals surface area contributed by atoms with Gasteiger partial charge in [-0.3, -0.25) is 9.79 Å². The van der Waals surface area contributed by atoms with Crippen LogP contribution < -0.4 is 11.5 Å². The summed E-state index contributed by atoms with van der Waals surface area (Å²) in [4.78, 5) is 15.1. The van der Waals surface area contributed by atoms with Crippen LogP contribution in [0.1, 0.15) is 15.9 Å². The number of amidine groups is 1. The molecule has 2 rings (SSSR count). The summed E-state index contributed by atoms with van der Waals surface area (Å²) in [7, 11) is 0. The third-order valence-corrected chi connectivity index (χ3v) is 2.92. The van der Waals surface area contributed by atoms with Crippen molar-refractivity contribution in [2.45, 2.75) is 5.54 Å². The van der Waals surface area contributed by atoms with Gasteiger partial charge in [-0.25, -0.2) is 8.78 Å². The fraction of sp³-hybridized carbons (Fsp3) is 0.333. The maximum Gasteiger partial charge on any atom is 0.248 e. The Morgan fingerprint density at radius 1 is 1.53 bits per heavy atom. The molecule has 7 heteroatoms. The monoisotopic (exact) mass is 269 g/mol. The van der Waals surface area contributed by atoms with Crippen molar-refractivity contribution in [3.05, 3.63) is 35.1 Å². The first kappa shape index (κ1) is 13.4. The first-order chi connectivity index (χ1) is 8.98. The summed E-state index contributed by atoms with van der Waals surface area (Å²) in [5, 5.41) is 0. The summed E-state index contributed by atoms with van der Waals surface area (Å²) in [5.74, 6) is -1.35. The van der Waals surface area contributed by atoms with Crippen LogP contribution in [0, 0.1) is 5.82 Å². The molecule has 4 N–H and O–H groups in total. The number of amides is 1. The number of ether oxygens (including phenoxy) is 1. The minimum Gasteiger partial charge on any atom is -0.385 e. The van der Waals surface area contributed by atoms with Gasteiger partial charge in [0, 0.05) is 11.1 Å². The summed E-state index contributed by atoms with van der Waals surface area (Å²) in [5.41, 5.74) is 9.07. The molecule has 0 spiro atoms. The Morgan fingerprint density at radius 2 is 2.26 bits per heavy atom. The first-order valence-electron chi connectivity index (χ1n) is 5.56. The lowest BCUT2D eigenvalue weighted by Crippen LogP contribution is -2.42. The Hall–Kier alpha value is -2.02. The minimum atomic E-state index is -1.56. The van der Waals surface area contributed by atoms with E-state index in [2.05, 4.69) is 4.99 Å². The molecule has 1 aliphatic heterocycles. The number of nitrogens with two attached hydrogens (primary N) is 2. The Labute approximate surface area is 108 Å². The van der Waals surface area contributed by atoms with Crippen molar-refractivity contribution in [3.8, 4) is 0 Å². The molecular formula is C12H13F2N3O2. The number of hydrogen-bond acceptors (Lipinski definition) is 4. The summed E-state index contributed by atoms with van der Waals surface area (Å²) in [6.45, 7) is -1.07. The number of benzene rings is 1. The summed E-state index contributed by atoms with van der Waals surface area (Å²) < 4.78 is 32.4. The number of halogens is 2. The molecule has 1 heterocycles. The molecule has 1 aromatic carbocycles. The highest BCUT2D eigenvalue weighted by Crippen LogP contribution is 2.32. The van der Waals surface area contributed by atoms with Crippen LogP contribution >= 0.6 is 0 Å². The molecule has 5 nitrogen and oxygen atoms in total. The fourth-order valence-corrected chi connectivity index (χ4v) is 1.98. The summed E-state index contributed by atoms with van der Waals surface area (Å²) in [6.07, 6.45) is 0. The average molecular weight is 269 g/mol. The van der Waals surface area contributed by atoms with Crippen molar-refractivity contribution in [1.82, 2.24) is 0 Å². The predicted octanol–water partition coefficient (Wildman–Crippen LogP) is 0.477. The molecule has 1 aromatic rings. The Bertz CT molecular complexity index is 548. The van der Waals surface area contributed by atoms with Gasteiger partial charge in [0.2, 0.25) is 5.91 Å². The van der Waals surface area contributed by atoms with Gasteiger partial charge in [0.25, 0.3) is 0 Å². The largest absolute Gasteiger partial charge is 0.385 e. The molecule has 1 amide bonds. The number of nitrogens with zero attached hydrogens (tertiary/aromatic N) is 1. The van der Waals surface area contributed by atoms with Crippen molar-refractivity contribution < 1.29 is 18.3 Å². The van der Waals surface area contributed by atoms with Gasteiger partial charge in [-0.2, -0.15) is 0 Å². The van der Waals surface area contributed by atoms with Gasteiger partial charge in [0.1, 0.15) is 30.5 Å². The zero-order chi connectivity index (χ0) is 14.0. The third-order valence-electron chi connectivity index (χ3n) is 2.92. The third kappa shape index (κ3) is 2.41. The molecule has 0 unspecified atom stereocenters. The van der Waals surface area contributed by atoms with Gasteiger partial charge in [0.15, 0.2) is 0 Å². The molecule has 0 bridgehead atoms. The maximum absolute atomic E-state index is 13.9. The second-order valence-corrected chi connectivity index (χ2v) is 4.32. The summed E-state index contributed by atoms with van der Waals surface area (Å²) in [6, 6.07) is 3.46. The number of rotatable bonds is 3. The van der Waals surface area contributed by atoms with Gasteiger partial charge in [0.05, 0.1) is 6.61 Å². The predicted molar refractivity (Wildman–Crippen MR) is 65.0 cm³/mol.